The van der Waals surface area contributed by atoms with E-state index < -0.39 is 0 Å². The van der Waals surface area contributed by atoms with Crippen LogP contribution in [0.2, 0.25) is 0 Å². The monoisotopic (exact) mass is 175 g/mol. The highest BCUT2D eigenvalue weighted by molar-refractivity contribution is 5.47. The van der Waals surface area contributed by atoms with Gasteiger partial charge in [-0.2, -0.15) is 0 Å². The maximum Gasteiger partial charge on any atom is 0.192 e. The van der Waals surface area contributed by atoms with Crippen molar-refractivity contribution in [1.29, 1.82) is 0 Å². The quantitative estimate of drug-likeness (QED) is 0.582. The third kappa shape index (κ3) is 1.22. The van der Waals surface area contributed by atoms with Gasteiger partial charge in [0.1, 0.15) is 12.6 Å². The molecule has 2 nitrogen and oxygen atoms in total. The van der Waals surface area contributed by atoms with Crippen LogP contribution in [-0.2, 0) is 13.5 Å². The Morgan fingerprint density at radius 3 is 2.77 bits per heavy atom. The summed E-state index contributed by atoms with van der Waals surface area (Å²) in [7, 11) is 2.07. The molecule has 2 aromatic heterocycles. The topological polar surface area (TPSA) is 8.29 Å². The molecule has 0 fully saturated rings. The van der Waals surface area contributed by atoms with E-state index in [4.69, 9.17) is 0 Å². The summed E-state index contributed by atoms with van der Waals surface area (Å²) < 4.78 is 4.42. The molecule has 2 aromatic rings. The lowest BCUT2D eigenvalue weighted by Crippen LogP contribution is -2.28. The van der Waals surface area contributed by atoms with Crippen molar-refractivity contribution in [3.63, 3.8) is 0 Å². The van der Waals surface area contributed by atoms with Gasteiger partial charge in [0.15, 0.2) is 12.4 Å². The van der Waals surface area contributed by atoms with E-state index in [1.807, 2.05) is 0 Å². The molecule has 0 N–H and O–H groups in total. The number of rotatable bonds is 1. The number of aryl methyl sites for hydroxylation is 3. The van der Waals surface area contributed by atoms with Gasteiger partial charge in [-0.15, -0.1) is 0 Å². The zero-order valence-electron chi connectivity index (χ0n) is 8.41. The molecule has 0 radical (unpaired) electrons. The van der Waals surface area contributed by atoms with Gasteiger partial charge in [-0.1, -0.05) is 6.92 Å². The van der Waals surface area contributed by atoms with E-state index in [1.165, 1.54) is 16.9 Å². The molecule has 0 aromatic carbocycles. The predicted molar refractivity (Wildman–Crippen MR) is 52.7 cm³/mol. The predicted octanol–water partition coefficient (Wildman–Crippen LogP) is 1.63. The first-order valence-corrected chi connectivity index (χ1v) is 4.68. The Balaban J connectivity index is 2.85. The largest absolute Gasteiger partial charge is 0.307 e. The Labute approximate surface area is 78.4 Å². The van der Waals surface area contributed by atoms with Gasteiger partial charge in [0.05, 0.1) is 5.69 Å². The van der Waals surface area contributed by atoms with E-state index >= 15 is 0 Å². The molecule has 0 atom stereocenters. The molecule has 0 amide bonds. The van der Waals surface area contributed by atoms with Gasteiger partial charge in [0.2, 0.25) is 0 Å². The molecule has 68 valence electrons. The molecule has 0 aliphatic heterocycles. The van der Waals surface area contributed by atoms with Gasteiger partial charge in [-0.3, -0.25) is 0 Å². The van der Waals surface area contributed by atoms with E-state index in [0.717, 1.165) is 6.42 Å². The van der Waals surface area contributed by atoms with Crippen LogP contribution in [0.25, 0.3) is 5.52 Å². The van der Waals surface area contributed by atoms with Gasteiger partial charge in [0.25, 0.3) is 0 Å². The molecule has 2 rings (SSSR count). The summed E-state index contributed by atoms with van der Waals surface area (Å²) in [4.78, 5) is 0. The van der Waals surface area contributed by atoms with Crippen molar-refractivity contribution in [3.8, 4) is 0 Å². The molecule has 0 unspecified atom stereocenters. The maximum atomic E-state index is 2.31. The lowest BCUT2D eigenvalue weighted by molar-refractivity contribution is -0.671. The van der Waals surface area contributed by atoms with Crippen LogP contribution in [0, 0.1) is 6.92 Å². The van der Waals surface area contributed by atoms with Crippen molar-refractivity contribution in [2.24, 2.45) is 7.05 Å². The minimum absolute atomic E-state index is 1.07. The summed E-state index contributed by atoms with van der Waals surface area (Å²) in [5.41, 5.74) is 3.95. The normalized spacial score (nSPS) is 11.0. The van der Waals surface area contributed by atoms with Crippen LogP contribution < -0.4 is 4.57 Å². The van der Waals surface area contributed by atoms with Gasteiger partial charge in [-0.25, -0.2) is 4.57 Å². The van der Waals surface area contributed by atoms with Crippen LogP contribution in [0.15, 0.2) is 24.5 Å². The maximum absolute atomic E-state index is 2.31. The fraction of sp³-hybridized carbons (Fsp3) is 0.364. The Morgan fingerprint density at radius 2 is 2.08 bits per heavy atom. The van der Waals surface area contributed by atoms with Crippen molar-refractivity contribution in [1.82, 2.24) is 4.40 Å². The van der Waals surface area contributed by atoms with Gasteiger partial charge in [-0.05, 0) is 25.5 Å². The Bertz CT molecular complexity index is 441. The molecular weight excluding hydrogens is 160 g/mol. The van der Waals surface area contributed by atoms with Gasteiger partial charge >= 0.3 is 0 Å². The summed E-state index contributed by atoms with van der Waals surface area (Å²) in [6.07, 6.45) is 5.40. The minimum Gasteiger partial charge on any atom is -0.307 e. The number of aromatic nitrogens is 2. The second-order valence-electron chi connectivity index (χ2n) is 3.50. The van der Waals surface area contributed by atoms with E-state index in [-0.39, 0.29) is 0 Å². The molecule has 0 aliphatic carbocycles. The summed E-state index contributed by atoms with van der Waals surface area (Å²) in [6, 6.07) is 4.32. The van der Waals surface area contributed by atoms with Crippen molar-refractivity contribution in [2.75, 3.05) is 0 Å². The number of hydrogen-bond acceptors (Lipinski definition) is 0. The highest BCUT2D eigenvalue weighted by Gasteiger charge is 2.06. The van der Waals surface area contributed by atoms with E-state index in [2.05, 4.69) is 54.4 Å². The van der Waals surface area contributed by atoms with E-state index in [1.54, 1.807) is 0 Å². The zero-order valence-corrected chi connectivity index (χ0v) is 8.41. The molecule has 13 heavy (non-hydrogen) atoms. The molecule has 0 aliphatic rings. The SMILES string of the molecule is CCc1c[n+](C)cc2ccc(C)n12. The molecule has 0 saturated carbocycles. The average molecular weight is 175 g/mol. The first-order valence-electron chi connectivity index (χ1n) is 4.68. The zero-order chi connectivity index (χ0) is 9.42. The Morgan fingerprint density at radius 1 is 1.31 bits per heavy atom. The van der Waals surface area contributed by atoms with Crippen molar-refractivity contribution in [2.45, 2.75) is 20.3 Å². The van der Waals surface area contributed by atoms with Crippen LogP contribution in [0.4, 0.5) is 0 Å². The van der Waals surface area contributed by atoms with Crippen LogP contribution >= 0.6 is 0 Å². The standard InChI is InChI=1S/C11H15N2/c1-4-10-7-12(3)8-11-6-5-9(2)13(10)11/h5-8H,4H2,1-3H3/q+1. The first kappa shape index (κ1) is 8.30. The number of nitrogens with zero attached hydrogens (tertiary/aromatic N) is 2. The van der Waals surface area contributed by atoms with Crippen molar-refractivity contribution in [3.05, 3.63) is 35.9 Å². The summed E-state index contributed by atoms with van der Waals surface area (Å²) in [6.45, 7) is 4.33. The summed E-state index contributed by atoms with van der Waals surface area (Å²) in [5.74, 6) is 0. The lowest BCUT2D eigenvalue weighted by Gasteiger charge is -2.03. The fourth-order valence-electron chi connectivity index (χ4n) is 1.84. The van der Waals surface area contributed by atoms with Crippen molar-refractivity contribution < 1.29 is 4.57 Å². The van der Waals surface area contributed by atoms with Gasteiger partial charge in [0, 0.05) is 5.69 Å². The highest BCUT2D eigenvalue weighted by atomic mass is 15.0. The highest BCUT2D eigenvalue weighted by Crippen LogP contribution is 2.10. The Hall–Kier alpha value is -1.31. The summed E-state index contributed by atoms with van der Waals surface area (Å²) in [5, 5.41) is 0. The third-order valence-electron chi connectivity index (χ3n) is 2.44. The molecule has 2 heterocycles. The number of hydrogen-bond donors (Lipinski definition) is 0. The lowest BCUT2D eigenvalue weighted by atomic mass is 10.3. The van der Waals surface area contributed by atoms with Crippen LogP contribution in [0.1, 0.15) is 18.3 Å². The van der Waals surface area contributed by atoms with Crippen LogP contribution in [0.3, 0.4) is 0 Å². The number of fused-ring (bicyclic) bond motifs is 1. The first-order chi connectivity index (χ1) is 6.22. The fourth-order valence-corrected chi connectivity index (χ4v) is 1.84. The van der Waals surface area contributed by atoms with Crippen LogP contribution in [-0.4, -0.2) is 4.40 Å². The van der Waals surface area contributed by atoms with Crippen LogP contribution in [0.5, 0.6) is 0 Å². The second kappa shape index (κ2) is 2.87. The molecule has 0 bridgehead atoms. The molecule has 2 heteroatoms. The molecule has 0 saturated heterocycles. The molecular formula is C11H15N2+. The van der Waals surface area contributed by atoms with Crippen molar-refractivity contribution >= 4 is 5.52 Å². The minimum atomic E-state index is 1.07. The summed E-state index contributed by atoms with van der Waals surface area (Å²) >= 11 is 0. The molecule has 0 spiro atoms. The Kier molecular flexibility index (Phi) is 1.83. The van der Waals surface area contributed by atoms with E-state index in [0.29, 0.717) is 0 Å². The van der Waals surface area contributed by atoms with Gasteiger partial charge < -0.3 is 4.40 Å². The smallest absolute Gasteiger partial charge is 0.192 e. The van der Waals surface area contributed by atoms with E-state index in [9.17, 15) is 0 Å². The average Bonchev–Trinajstić information content (AvgIpc) is 2.46. The second-order valence-corrected chi connectivity index (χ2v) is 3.50. The third-order valence-corrected chi connectivity index (χ3v) is 2.44.